The minimum Gasteiger partial charge on any atom is -0.326 e. The van der Waals surface area contributed by atoms with Gasteiger partial charge in [0.15, 0.2) is 0 Å². The molecule has 2 N–H and O–H groups in total. The van der Waals surface area contributed by atoms with Crippen LogP contribution in [0, 0.1) is 6.92 Å². The summed E-state index contributed by atoms with van der Waals surface area (Å²) in [6.07, 6.45) is 1.49. The molecule has 2 aromatic rings. The number of para-hydroxylation sites is 1. The van der Waals surface area contributed by atoms with E-state index in [2.05, 4.69) is 15.8 Å². The molecule has 0 atom stereocenters. The van der Waals surface area contributed by atoms with Crippen LogP contribution in [0.2, 0.25) is 10.0 Å². The molecule has 0 aromatic heterocycles. The highest BCUT2D eigenvalue weighted by Gasteiger charge is 2.08. The van der Waals surface area contributed by atoms with Crippen LogP contribution in [0.5, 0.6) is 0 Å². The number of benzene rings is 2. The van der Waals surface area contributed by atoms with Crippen molar-refractivity contribution < 1.29 is 9.59 Å². The number of hydrazone groups is 1. The van der Waals surface area contributed by atoms with Crippen LogP contribution in [-0.2, 0) is 9.59 Å². The number of carbonyl (C=O) groups excluding carboxylic acids is 2. The van der Waals surface area contributed by atoms with Gasteiger partial charge in [-0.3, -0.25) is 9.59 Å². The zero-order valence-corrected chi connectivity index (χ0v) is 15.1. The number of aryl methyl sites for hydroxylation is 1. The second kappa shape index (κ2) is 9.20. The SMILES string of the molecule is Cc1ccccc1NC(=O)CCC(=O)NN=Cc1cccc(Cl)c1Cl. The molecule has 0 saturated heterocycles. The number of halogens is 2. The average Bonchev–Trinajstić information content (AvgIpc) is 2.59. The van der Waals surface area contributed by atoms with Gasteiger partial charge in [-0.1, -0.05) is 53.5 Å². The lowest BCUT2D eigenvalue weighted by atomic mass is 10.2. The van der Waals surface area contributed by atoms with Gasteiger partial charge in [-0.05, 0) is 24.6 Å². The summed E-state index contributed by atoms with van der Waals surface area (Å²) < 4.78 is 0. The van der Waals surface area contributed by atoms with Crippen LogP contribution in [0.3, 0.4) is 0 Å². The molecule has 0 unspecified atom stereocenters. The lowest BCUT2D eigenvalue weighted by Crippen LogP contribution is -2.20. The molecule has 0 saturated carbocycles. The molecule has 2 rings (SSSR count). The Morgan fingerprint density at radius 2 is 1.76 bits per heavy atom. The summed E-state index contributed by atoms with van der Waals surface area (Å²) in [5, 5.41) is 7.36. The van der Waals surface area contributed by atoms with Crippen molar-refractivity contribution in [3.05, 3.63) is 63.6 Å². The predicted molar refractivity (Wildman–Crippen MR) is 101 cm³/mol. The predicted octanol–water partition coefficient (Wildman–Crippen LogP) is 4.17. The van der Waals surface area contributed by atoms with Gasteiger partial charge in [0, 0.05) is 24.1 Å². The molecule has 2 aromatic carbocycles. The summed E-state index contributed by atoms with van der Waals surface area (Å²) >= 11 is 11.9. The first-order valence-corrected chi connectivity index (χ1v) is 8.34. The number of anilines is 1. The molecule has 7 heteroatoms. The van der Waals surface area contributed by atoms with Crippen molar-refractivity contribution in [3.8, 4) is 0 Å². The maximum absolute atomic E-state index is 11.9. The quantitative estimate of drug-likeness (QED) is 0.585. The van der Waals surface area contributed by atoms with Gasteiger partial charge in [-0.2, -0.15) is 5.10 Å². The zero-order valence-electron chi connectivity index (χ0n) is 13.6. The molecular formula is C18H17Cl2N3O2. The number of carbonyl (C=O) groups is 2. The number of rotatable bonds is 6. The highest BCUT2D eigenvalue weighted by Crippen LogP contribution is 2.24. The lowest BCUT2D eigenvalue weighted by molar-refractivity contribution is -0.124. The lowest BCUT2D eigenvalue weighted by Gasteiger charge is -2.07. The molecule has 0 bridgehead atoms. The van der Waals surface area contributed by atoms with Crippen molar-refractivity contribution in [2.75, 3.05) is 5.32 Å². The van der Waals surface area contributed by atoms with E-state index in [1.807, 2.05) is 31.2 Å². The Hall–Kier alpha value is -2.37. The van der Waals surface area contributed by atoms with E-state index in [0.717, 1.165) is 11.3 Å². The standard InChI is InChI=1S/C18H17Cl2N3O2/c1-12-5-2-3-8-15(12)22-16(24)9-10-17(25)23-21-11-13-6-4-7-14(19)18(13)20/h2-8,11H,9-10H2,1H3,(H,22,24)(H,23,25). The zero-order chi connectivity index (χ0) is 18.2. The Bertz CT molecular complexity index is 807. The summed E-state index contributed by atoms with van der Waals surface area (Å²) in [6, 6.07) is 12.6. The molecule has 0 radical (unpaired) electrons. The van der Waals surface area contributed by atoms with Gasteiger partial charge >= 0.3 is 0 Å². The molecule has 0 aliphatic rings. The highest BCUT2D eigenvalue weighted by molar-refractivity contribution is 6.43. The fourth-order valence-electron chi connectivity index (χ4n) is 2.00. The second-order valence-corrected chi connectivity index (χ2v) is 6.08. The first-order chi connectivity index (χ1) is 12.0. The summed E-state index contributed by atoms with van der Waals surface area (Å²) in [5.74, 6) is -0.597. The largest absolute Gasteiger partial charge is 0.326 e. The van der Waals surface area contributed by atoms with Gasteiger partial charge in [0.25, 0.3) is 0 Å². The van der Waals surface area contributed by atoms with Gasteiger partial charge in [0.1, 0.15) is 0 Å². The molecule has 0 spiro atoms. The number of nitrogens with one attached hydrogen (secondary N) is 2. The van der Waals surface area contributed by atoms with Crippen molar-refractivity contribution in [2.24, 2.45) is 5.10 Å². The topological polar surface area (TPSA) is 70.6 Å². The van der Waals surface area contributed by atoms with E-state index in [1.165, 1.54) is 6.21 Å². The molecule has 0 aliphatic carbocycles. The molecule has 25 heavy (non-hydrogen) atoms. The third-order valence-corrected chi connectivity index (χ3v) is 4.21. The van der Waals surface area contributed by atoms with Gasteiger partial charge in [-0.15, -0.1) is 0 Å². The fourth-order valence-corrected chi connectivity index (χ4v) is 2.36. The summed E-state index contributed by atoms with van der Waals surface area (Å²) in [4.78, 5) is 23.6. The third kappa shape index (κ3) is 5.89. The van der Waals surface area contributed by atoms with Crippen molar-refractivity contribution in [2.45, 2.75) is 19.8 Å². The number of nitrogens with zero attached hydrogens (tertiary/aromatic N) is 1. The van der Waals surface area contributed by atoms with Crippen molar-refractivity contribution in [1.29, 1.82) is 0 Å². The van der Waals surface area contributed by atoms with Crippen LogP contribution in [0.15, 0.2) is 47.6 Å². The van der Waals surface area contributed by atoms with E-state index in [1.54, 1.807) is 18.2 Å². The number of hydrogen-bond acceptors (Lipinski definition) is 3. The first kappa shape index (κ1) is 19.0. The van der Waals surface area contributed by atoms with E-state index >= 15 is 0 Å². The summed E-state index contributed by atoms with van der Waals surface area (Å²) in [5.41, 5.74) is 4.65. The molecular weight excluding hydrogens is 361 g/mol. The Balaban J connectivity index is 1.79. The minimum atomic E-state index is -0.366. The van der Waals surface area contributed by atoms with Gasteiger partial charge in [0.2, 0.25) is 11.8 Å². The monoisotopic (exact) mass is 377 g/mol. The molecule has 0 aliphatic heterocycles. The maximum atomic E-state index is 11.9. The van der Waals surface area contributed by atoms with Gasteiger partial charge < -0.3 is 5.32 Å². The number of amides is 2. The average molecular weight is 378 g/mol. The fraction of sp³-hybridized carbons (Fsp3) is 0.167. The van der Waals surface area contributed by atoms with Gasteiger partial charge in [-0.25, -0.2) is 5.43 Å². The smallest absolute Gasteiger partial charge is 0.240 e. The van der Waals surface area contributed by atoms with E-state index in [4.69, 9.17) is 23.2 Å². The Morgan fingerprint density at radius 3 is 2.52 bits per heavy atom. The molecule has 2 amide bonds. The van der Waals surface area contributed by atoms with Crippen molar-refractivity contribution in [1.82, 2.24) is 5.43 Å². The van der Waals surface area contributed by atoms with Gasteiger partial charge in [0.05, 0.1) is 16.3 Å². The first-order valence-electron chi connectivity index (χ1n) is 7.59. The van der Waals surface area contributed by atoms with Crippen LogP contribution in [-0.4, -0.2) is 18.0 Å². The van der Waals surface area contributed by atoms with E-state index in [0.29, 0.717) is 15.6 Å². The van der Waals surface area contributed by atoms with Crippen LogP contribution in [0.25, 0.3) is 0 Å². The minimum absolute atomic E-state index is 0.0261. The van der Waals surface area contributed by atoms with E-state index < -0.39 is 0 Å². The Kier molecular flexibility index (Phi) is 6.98. The molecule has 130 valence electrons. The highest BCUT2D eigenvalue weighted by atomic mass is 35.5. The Morgan fingerprint density at radius 1 is 1.04 bits per heavy atom. The second-order valence-electron chi connectivity index (χ2n) is 5.30. The van der Waals surface area contributed by atoms with Crippen LogP contribution in [0.1, 0.15) is 24.0 Å². The summed E-state index contributed by atoms with van der Waals surface area (Å²) in [6.45, 7) is 1.90. The normalized spacial score (nSPS) is 10.7. The third-order valence-electron chi connectivity index (χ3n) is 3.37. The summed E-state index contributed by atoms with van der Waals surface area (Å²) in [7, 11) is 0. The van der Waals surface area contributed by atoms with Crippen molar-refractivity contribution >= 4 is 46.9 Å². The van der Waals surface area contributed by atoms with Crippen LogP contribution in [0.4, 0.5) is 5.69 Å². The van der Waals surface area contributed by atoms with Crippen LogP contribution >= 0.6 is 23.2 Å². The molecule has 0 heterocycles. The molecule has 5 nitrogen and oxygen atoms in total. The van der Waals surface area contributed by atoms with E-state index in [-0.39, 0.29) is 24.7 Å². The van der Waals surface area contributed by atoms with Crippen molar-refractivity contribution in [3.63, 3.8) is 0 Å². The maximum Gasteiger partial charge on any atom is 0.240 e. The van der Waals surface area contributed by atoms with E-state index in [9.17, 15) is 9.59 Å². The van der Waals surface area contributed by atoms with Crippen LogP contribution < -0.4 is 10.7 Å². The molecule has 0 fully saturated rings. The Labute approximate surface area is 156 Å². The number of hydrogen-bond donors (Lipinski definition) is 2.